The molecule has 0 N–H and O–H groups in total. The Labute approximate surface area is 106 Å². The summed E-state index contributed by atoms with van der Waals surface area (Å²) in [5.41, 5.74) is 0.279. The molecule has 0 aromatic rings. The average molecular weight is 330 g/mol. The van der Waals surface area contributed by atoms with Crippen LogP contribution in [0.2, 0.25) is 0 Å². The molecule has 0 amide bonds. The van der Waals surface area contributed by atoms with Crippen molar-refractivity contribution < 1.29 is 26.3 Å². The van der Waals surface area contributed by atoms with Crippen LogP contribution in [0.4, 0.5) is 26.3 Å². The molecule has 0 nitrogen and oxygen atoms in total. The highest BCUT2D eigenvalue weighted by Gasteiger charge is 2.31. The Morgan fingerprint density at radius 3 is 1.38 bits per heavy atom. The van der Waals surface area contributed by atoms with Crippen LogP contribution in [-0.2, 0) is 0 Å². The third-order valence-corrected chi connectivity index (χ3v) is 1.51. The van der Waals surface area contributed by atoms with Gasteiger partial charge in [-0.1, -0.05) is 34.8 Å². The molecule has 0 aliphatic carbocycles. The number of allylic oxidation sites excluding steroid dienone is 2. The molecule has 0 aliphatic heterocycles. The Morgan fingerprint density at radius 1 is 1.00 bits per heavy atom. The van der Waals surface area contributed by atoms with Crippen molar-refractivity contribution in [2.24, 2.45) is 0 Å². The number of rotatable bonds is 1. The van der Waals surface area contributed by atoms with Gasteiger partial charge in [0, 0.05) is 11.6 Å². The molecular formula is C6H2Cl4F6. The molecule has 0 aromatic heterocycles. The Hall–Kier alpha value is 0.220. The first-order valence-electron chi connectivity index (χ1n) is 3.04. The fraction of sp³-hybridized carbons (Fsp3) is 0.333. The minimum atomic E-state index is -4.50. The highest BCUT2D eigenvalue weighted by atomic mass is 35.5. The number of hydrogen-bond donors (Lipinski definition) is 0. The van der Waals surface area contributed by atoms with E-state index in [1.165, 1.54) is 0 Å². The Kier molecular flexibility index (Phi) is 8.74. The summed E-state index contributed by atoms with van der Waals surface area (Å²) in [6.45, 7) is 0. The van der Waals surface area contributed by atoms with Gasteiger partial charge in [0.15, 0.2) is 5.29 Å². The van der Waals surface area contributed by atoms with Crippen LogP contribution in [-0.4, -0.2) is 11.6 Å². The lowest BCUT2D eigenvalue weighted by atomic mass is 10.6. The molecule has 0 saturated heterocycles. The van der Waals surface area contributed by atoms with Crippen molar-refractivity contribution in [1.82, 2.24) is 0 Å². The molecule has 0 bridgehead atoms. The summed E-state index contributed by atoms with van der Waals surface area (Å²) in [5, 5.41) is -6.49. The lowest BCUT2D eigenvalue weighted by Crippen LogP contribution is -2.05. The molecule has 0 radical (unpaired) electrons. The van der Waals surface area contributed by atoms with E-state index in [0.29, 0.717) is 0 Å². The second kappa shape index (κ2) is 7.53. The van der Waals surface area contributed by atoms with Gasteiger partial charge < -0.3 is 0 Å². The van der Waals surface area contributed by atoms with Gasteiger partial charge in [-0.05, 0) is 11.6 Å². The number of halogens is 10. The maximum Gasteiger partial charge on any atom is 0.427 e. The molecular weight excluding hydrogens is 328 g/mol. The monoisotopic (exact) mass is 328 g/mol. The van der Waals surface area contributed by atoms with Crippen LogP contribution >= 0.6 is 46.4 Å². The fourth-order valence-electron chi connectivity index (χ4n) is 0.186. The van der Waals surface area contributed by atoms with E-state index in [9.17, 15) is 26.3 Å². The van der Waals surface area contributed by atoms with E-state index in [4.69, 9.17) is 0 Å². The summed E-state index contributed by atoms with van der Waals surface area (Å²) < 4.78 is 67.4. The molecule has 96 valence electrons. The van der Waals surface area contributed by atoms with Gasteiger partial charge >= 0.3 is 11.6 Å². The molecule has 10 heteroatoms. The van der Waals surface area contributed by atoms with Crippen LogP contribution in [0.25, 0.3) is 0 Å². The van der Waals surface area contributed by atoms with Crippen molar-refractivity contribution in [3.63, 3.8) is 0 Å². The highest BCUT2D eigenvalue weighted by molar-refractivity contribution is 6.37. The van der Waals surface area contributed by atoms with Gasteiger partial charge in [0.25, 0.3) is 0 Å². The standard InChI is InChI=1S/2C3HCl2F3/c4-1-2(5)3(6,7)8;4-2(6)1-3(5,7)8/h2*1H. The van der Waals surface area contributed by atoms with Crippen LogP contribution in [0, 0.1) is 0 Å². The lowest BCUT2D eigenvalue weighted by Gasteiger charge is -1.99. The minimum absolute atomic E-state index is 0.198. The predicted molar refractivity (Wildman–Crippen MR) is 51.7 cm³/mol. The topological polar surface area (TPSA) is 0 Å². The van der Waals surface area contributed by atoms with Crippen LogP contribution in [0.1, 0.15) is 0 Å². The fourth-order valence-corrected chi connectivity index (χ4v) is 0.598. The normalized spacial score (nSPS) is 14.4. The second-order valence-electron chi connectivity index (χ2n) is 1.93. The summed E-state index contributed by atoms with van der Waals surface area (Å²) in [6, 6.07) is 0. The van der Waals surface area contributed by atoms with Gasteiger partial charge in [0.2, 0.25) is 0 Å². The van der Waals surface area contributed by atoms with Crippen LogP contribution in [0.15, 0.2) is 21.9 Å². The lowest BCUT2D eigenvalue weighted by molar-refractivity contribution is -0.0843. The molecule has 0 rings (SSSR count). The zero-order valence-electron chi connectivity index (χ0n) is 6.93. The third-order valence-electron chi connectivity index (χ3n) is 0.639. The van der Waals surface area contributed by atoms with Gasteiger partial charge in [-0.3, -0.25) is 0 Å². The van der Waals surface area contributed by atoms with Crippen molar-refractivity contribution >= 4 is 46.4 Å². The predicted octanol–water partition coefficient (Wildman–Crippen LogP) is 5.74. The summed E-state index contributed by atoms with van der Waals surface area (Å²) in [4.78, 5) is 0. The largest absolute Gasteiger partial charge is 0.427 e. The first-order chi connectivity index (χ1) is 6.90. The smallest absolute Gasteiger partial charge is 0.194 e. The Bertz CT molecular complexity index is 259. The molecule has 0 fully saturated rings. The van der Waals surface area contributed by atoms with Gasteiger partial charge in [-0.25, -0.2) is 0 Å². The van der Waals surface area contributed by atoms with Gasteiger partial charge in [-0.15, -0.1) is 0 Å². The molecule has 0 aromatic carbocycles. The first-order valence-corrected chi connectivity index (χ1v) is 4.61. The van der Waals surface area contributed by atoms with Gasteiger partial charge in [0.1, 0.15) is 5.03 Å². The van der Waals surface area contributed by atoms with Crippen molar-refractivity contribution in [2.45, 2.75) is 11.6 Å². The highest BCUT2D eigenvalue weighted by Crippen LogP contribution is 2.28. The van der Waals surface area contributed by atoms with E-state index in [2.05, 4.69) is 46.4 Å². The third kappa shape index (κ3) is 14.2. The van der Waals surface area contributed by atoms with Crippen molar-refractivity contribution in [1.29, 1.82) is 0 Å². The van der Waals surface area contributed by atoms with E-state index >= 15 is 0 Å². The van der Waals surface area contributed by atoms with E-state index in [-0.39, 0.29) is 11.6 Å². The molecule has 0 saturated carbocycles. The van der Waals surface area contributed by atoms with Crippen LogP contribution in [0.3, 0.4) is 0 Å². The number of alkyl halides is 6. The maximum atomic E-state index is 11.3. The van der Waals surface area contributed by atoms with Crippen molar-refractivity contribution in [3.05, 3.63) is 21.9 Å². The van der Waals surface area contributed by atoms with E-state index < -0.39 is 21.9 Å². The molecule has 0 unspecified atom stereocenters. The van der Waals surface area contributed by atoms with Crippen LogP contribution in [0.5, 0.6) is 0 Å². The quantitative estimate of drug-likeness (QED) is 0.425. The van der Waals surface area contributed by atoms with E-state index in [1.807, 2.05) is 0 Å². The minimum Gasteiger partial charge on any atom is -0.194 e. The van der Waals surface area contributed by atoms with Gasteiger partial charge in [-0.2, -0.15) is 26.3 Å². The zero-order valence-corrected chi connectivity index (χ0v) is 9.96. The van der Waals surface area contributed by atoms with Crippen molar-refractivity contribution in [3.8, 4) is 0 Å². The Balaban J connectivity index is 0. The molecule has 0 aliphatic rings. The molecule has 16 heavy (non-hydrogen) atoms. The van der Waals surface area contributed by atoms with Gasteiger partial charge in [0.05, 0.1) is 0 Å². The molecule has 0 atom stereocenters. The average Bonchev–Trinajstić information content (AvgIpc) is 1.97. The summed E-state index contributed by atoms with van der Waals surface area (Å²) >= 11 is 17.8. The van der Waals surface area contributed by atoms with Crippen molar-refractivity contribution in [2.75, 3.05) is 0 Å². The SMILES string of the molecule is FC(Cl)=CC(F)(F)Cl.FC(F)(F)C(Cl)=CCl. The van der Waals surface area contributed by atoms with E-state index in [0.717, 1.165) is 0 Å². The summed E-state index contributed by atoms with van der Waals surface area (Å²) in [5.74, 6) is 0. The maximum absolute atomic E-state index is 11.3. The first kappa shape index (κ1) is 18.6. The summed E-state index contributed by atoms with van der Waals surface area (Å²) in [6.07, 6.45) is -4.70. The summed E-state index contributed by atoms with van der Waals surface area (Å²) in [7, 11) is 0. The zero-order chi connectivity index (χ0) is 13.6. The molecule has 0 heterocycles. The van der Waals surface area contributed by atoms with E-state index in [1.54, 1.807) is 0 Å². The number of hydrogen-bond acceptors (Lipinski definition) is 0. The second-order valence-corrected chi connectivity index (χ2v) is 3.42. The Morgan fingerprint density at radius 2 is 1.38 bits per heavy atom. The molecule has 0 spiro atoms. The van der Waals surface area contributed by atoms with Crippen LogP contribution < -0.4 is 0 Å².